The SMILES string of the molecule is CCC1CN(CCOCC2CC2)CCN1. The van der Waals surface area contributed by atoms with E-state index in [2.05, 4.69) is 17.1 Å². The molecule has 0 aromatic rings. The first-order valence-corrected chi connectivity index (χ1v) is 6.42. The van der Waals surface area contributed by atoms with Gasteiger partial charge >= 0.3 is 0 Å². The van der Waals surface area contributed by atoms with E-state index in [0.29, 0.717) is 6.04 Å². The lowest BCUT2D eigenvalue weighted by Crippen LogP contribution is -2.51. The lowest BCUT2D eigenvalue weighted by molar-refractivity contribution is 0.0852. The van der Waals surface area contributed by atoms with Crippen LogP contribution < -0.4 is 5.32 Å². The summed E-state index contributed by atoms with van der Waals surface area (Å²) in [6, 6.07) is 0.696. The second kappa shape index (κ2) is 5.83. The third-order valence-corrected chi connectivity index (χ3v) is 3.43. The number of hydrogen-bond acceptors (Lipinski definition) is 3. The topological polar surface area (TPSA) is 24.5 Å². The van der Waals surface area contributed by atoms with E-state index >= 15 is 0 Å². The predicted molar refractivity (Wildman–Crippen MR) is 62.1 cm³/mol. The molecule has 0 radical (unpaired) electrons. The molecule has 0 spiro atoms. The zero-order chi connectivity index (χ0) is 10.5. The highest BCUT2D eigenvalue weighted by Crippen LogP contribution is 2.28. The lowest BCUT2D eigenvalue weighted by atomic mass is 10.1. The van der Waals surface area contributed by atoms with Gasteiger partial charge in [-0.05, 0) is 25.2 Å². The second-order valence-corrected chi connectivity index (χ2v) is 4.88. The van der Waals surface area contributed by atoms with Crippen molar-refractivity contribution >= 4 is 0 Å². The van der Waals surface area contributed by atoms with Gasteiger partial charge in [0.2, 0.25) is 0 Å². The Hall–Kier alpha value is -0.120. The van der Waals surface area contributed by atoms with Crippen LogP contribution in [0.1, 0.15) is 26.2 Å². The molecule has 1 heterocycles. The first-order valence-electron chi connectivity index (χ1n) is 6.42. The highest BCUT2D eigenvalue weighted by Gasteiger charge is 2.21. The van der Waals surface area contributed by atoms with Crippen LogP contribution in [0.15, 0.2) is 0 Å². The maximum absolute atomic E-state index is 5.67. The molecule has 1 aliphatic carbocycles. The summed E-state index contributed by atoms with van der Waals surface area (Å²) in [6.45, 7) is 8.82. The molecule has 1 unspecified atom stereocenters. The summed E-state index contributed by atoms with van der Waals surface area (Å²) >= 11 is 0. The van der Waals surface area contributed by atoms with Crippen LogP contribution in [0.2, 0.25) is 0 Å². The highest BCUT2D eigenvalue weighted by molar-refractivity contribution is 4.77. The molecule has 2 aliphatic rings. The van der Waals surface area contributed by atoms with Gasteiger partial charge in [-0.3, -0.25) is 4.90 Å². The first-order chi connectivity index (χ1) is 7.38. The van der Waals surface area contributed by atoms with Gasteiger partial charge in [-0.15, -0.1) is 0 Å². The molecule has 0 amide bonds. The minimum atomic E-state index is 0.696. The fourth-order valence-corrected chi connectivity index (χ4v) is 2.10. The lowest BCUT2D eigenvalue weighted by Gasteiger charge is -2.33. The molecule has 2 rings (SSSR count). The highest BCUT2D eigenvalue weighted by atomic mass is 16.5. The third kappa shape index (κ3) is 4.09. The number of rotatable bonds is 6. The summed E-state index contributed by atoms with van der Waals surface area (Å²) in [4.78, 5) is 2.53. The van der Waals surface area contributed by atoms with Crippen molar-refractivity contribution in [3.05, 3.63) is 0 Å². The van der Waals surface area contributed by atoms with Crippen LogP contribution in [0.25, 0.3) is 0 Å². The molecule has 88 valence electrons. The van der Waals surface area contributed by atoms with Crippen molar-refractivity contribution in [3.8, 4) is 0 Å². The van der Waals surface area contributed by atoms with Crippen molar-refractivity contribution in [3.63, 3.8) is 0 Å². The summed E-state index contributed by atoms with van der Waals surface area (Å²) in [5.74, 6) is 0.899. The van der Waals surface area contributed by atoms with E-state index < -0.39 is 0 Å². The summed E-state index contributed by atoms with van der Waals surface area (Å²) < 4.78 is 5.67. The van der Waals surface area contributed by atoms with E-state index in [9.17, 15) is 0 Å². The standard InChI is InChI=1S/C12H24N2O/c1-2-12-9-14(6-5-13-12)7-8-15-10-11-3-4-11/h11-13H,2-10H2,1H3. The number of hydrogen-bond donors (Lipinski definition) is 1. The summed E-state index contributed by atoms with van der Waals surface area (Å²) in [5.41, 5.74) is 0. The van der Waals surface area contributed by atoms with Gasteiger partial charge in [0.1, 0.15) is 0 Å². The Bertz CT molecular complexity index is 182. The van der Waals surface area contributed by atoms with Crippen LogP contribution in [0.4, 0.5) is 0 Å². The summed E-state index contributed by atoms with van der Waals surface area (Å²) in [7, 11) is 0. The van der Waals surface area contributed by atoms with Crippen LogP contribution in [-0.4, -0.2) is 50.3 Å². The molecule has 1 saturated heterocycles. The van der Waals surface area contributed by atoms with E-state index in [-0.39, 0.29) is 0 Å². The molecular weight excluding hydrogens is 188 g/mol. The van der Waals surface area contributed by atoms with Crippen LogP contribution in [0.5, 0.6) is 0 Å². The third-order valence-electron chi connectivity index (χ3n) is 3.43. The maximum Gasteiger partial charge on any atom is 0.0593 e. The monoisotopic (exact) mass is 212 g/mol. The van der Waals surface area contributed by atoms with Crippen molar-refractivity contribution < 1.29 is 4.74 Å². The van der Waals surface area contributed by atoms with Gasteiger partial charge in [-0.2, -0.15) is 0 Å². The van der Waals surface area contributed by atoms with Gasteiger partial charge in [0, 0.05) is 38.8 Å². The fourth-order valence-electron chi connectivity index (χ4n) is 2.10. The molecule has 0 aromatic carbocycles. The van der Waals surface area contributed by atoms with E-state index in [4.69, 9.17) is 4.74 Å². The smallest absolute Gasteiger partial charge is 0.0593 e. The molecule has 2 fully saturated rings. The van der Waals surface area contributed by atoms with E-state index in [0.717, 1.165) is 32.2 Å². The Morgan fingerprint density at radius 2 is 2.27 bits per heavy atom. The van der Waals surface area contributed by atoms with Crippen LogP contribution in [-0.2, 0) is 4.74 Å². The fraction of sp³-hybridized carbons (Fsp3) is 1.00. The molecule has 0 aromatic heterocycles. The summed E-state index contributed by atoms with van der Waals surface area (Å²) in [6.07, 6.45) is 4.02. The Morgan fingerprint density at radius 1 is 1.40 bits per heavy atom. The van der Waals surface area contributed by atoms with Gasteiger partial charge < -0.3 is 10.1 Å². The molecule has 15 heavy (non-hydrogen) atoms. The molecule has 0 bridgehead atoms. The van der Waals surface area contributed by atoms with Crippen molar-refractivity contribution in [2.24, 2.45) is 5.92 Å². The quantitative estimate of drug-likeness (QED) is 0.667. The van der Waals surface area contributed by atoms with Crippen molar-refractivity contribution in [1.29, 1.82) is 0 Å². The average Bonchev–Trinajstić information content (AvgIpc) is 3.09. The van der Waals surface area contributed by atoms with Crippen molar-refractivity contribution in [2.45, 2.75) is 32.2 Å². The Balaban J connectivity index is 1.52. The van der Waals surface area contributed by atoms with Crippen LogP contribution >= 0.6 is 0 Å². The van der Waals surface area contributed by atoms with Crippen molar-refractivity contribution in [1.82, 2.24) is 10.2 Å². The molecule has 1 saturated carbocycles. The number of nitrogens with zero attached hydrogens (tertiary/aromatic N) is 1. The molecule has 3 nitrogen and oxygen atoms in total. The minimum absolute atomic E-state index is 0.696. The van der Waals surface area contributed by atoms with Gasteiger partial charge in [0.05, 0.1) is 6.61 Å². The second-order valence-electron chi connectivity index (χ2n) is 4.88. The van der Waals surface area contributed by atoms with E-state index in [1.807, 2.05) is 0 Å². The number of piperazine rings is 1. The first kappa shape index (κ1) is 11.4. The number of ether oxygens (including phenoxy) is 1. The van der Waals surface area contributed by atoms with E-state index in [1.165, 1.54) is 32.4 Å². The molecule has 1 N–H and O–H groups in total. The zero-order valence-corrected chi connectivity index (χ0v) is 9.87. The van der Waals surface area contributed by atoms with Crippen LogP contribution in [0, 0.1) is 5.92 Å². The van der Waals surface area contributed by atoms with E-state index in [1.54, 1.807) is 0 Å². The normalized spacial score (nSPS) is 28.2. The average molecular weight is 212 g/mol. The molecule has 1 aliphatic heterocycles. The number of nitrogens with one attached hydrogen (secondary N) is 1. The van der Waals surface area contributed by atoms with Crippen molar-refractivity contribution in [2.75, 3.05) is 39.4 Å². The minimum Gasteiger partial charge on any atom is -0.380 e. The Morgan fingerprint density at radius 3 is 3.00 bits per heavy atom. The van der Waals surface area contributed by atoms with Gasteiger partial charge in [0.25, 0.3) is 0 Å². The zero-order valence-electron chi connectivity index (χ0n) is 9.87. The molecule has 3 heteroatoms. The molecular formula is C12H24N2O. The largest absolute Gasteiger partial charge is 0.380 e. The maximum atomic E-state index is 5.67. The predicted octanol–water partition coefficient (Wildman–Crippen LogP) is 1.10. The van der Waals surface area contributed by atoms with Gasteiger partial charge in [-0.1, -0.05) is 6.92 Å². The molecule has 1 atom stereocenters. The van der Waals surface area contributed by atoms with Gasteiger partial charge in [-0.25, -0.2) is 0 Å². The summed E-state index contributed by atoms with van der Waals surface area (Å²) in [5, 5.41) is 3.53. The van der Waals surface area contributed by atoms with Gasteiger partial charge in [0.15, 0.2) is 0 Å². The van der Waals surface area contributed by atoms with Crippen LogP contribution in [0.3, 0.4) is 0 Å². The Labute approximate surface area is 93.2 Å². The Kier molecular flexibility index (Phi) is 4.42.